The Labute approximate surface area is 161 Å². The highest BCUT2D eigenvalue weighted by Crippen LogP contribution is 2.10. The summed E-state index contributed by atoms with van der Waals surface area (Å²) < 4.78 is 1.14. The molecule has 1 heterocycles. The average Bonchev–Trinajstić information content (AvgIpc) is 2.64. The van der Waals surface area contributed by atoms with Gasteiger partial charge >= 0.3 is 5.69 Å². The van der Waals surface area contributed by atoms with Crippen LogP contribution in [0.25, 0.3) is 0 Å². The number of nitrogens with one attached hydrogen (secondary N) is 3. The lowest BCUT2D eigenvalue weighted by molar-refractivity contribution is 0.392. The molecular weight excluding hydrogens is 366 g/mol. The second-order valence-corrected chi connectivity index (χ2v) is 6.31. The van der Waals surface area contributed by atoms with E-state index in [1.54, 1.807) is 0 Å². The first-order valence-electron chi connectivity index (χ1n) is 8.74. The summed E-state index contributed by atoms with van der Waals surface area (Å²) in [6, 6.07) is 9.27. The van der Waals surface area contributed by atoms with Gasteiger partial charge in [0.25, 0.3) is 5.56 Å². The topological polar surface area (TPSA) is 112 Å². The van der Waals surface area contributed by atoms with Crippen molar-refractivity contribution >= 4 is 29.2 Å². The van der Waals surface area contributed by atoms with Crippen LogP contribution in [0.3, 0.4) is 0 Å². The third-order valence-electron chi connectivity index (χ3n) is 3.83. The molecule has 0 spiro atoms. The molecule has 27 heavy (non-hydrogen) atoms. The maximum atomic E-state index is 12.0. The van der Waals surface area contributed by atoms with Crippen LogP contribution < -0.4 is 22.0 Å². The normalized spacial score (nSPS) is 10.9. The van der Waals surface area contributed by atoms with E-state index in [2.05, 4.69) is 27.8 Å². The van der Waals surface area contributed by atoms with Gasteiger partial charge < -0.3 is 10.4 Å². The molecule has 8 nitrogen and oxygen atoms in total. The number of para-hydroxylation sites is 1. The molecule has 1 aromatic carbocycles. The zero-order chi connectivity index (χ0) is 19.6. The molecule has 0 aliphatic heterocycles. The number of aromatic hydroxyl groups is 1. The van der Waals surface area contributed by atoms with Crippen LogP contribution in [0.1, 0.15) is 38.2 Å². The monoisotopic (exact) mass is 389 g/mol. The summed E-state index contributed by atoms with van der Waals surface area (Å²) in [4.78, 5) is 26.1. The highest BCUT2D eigenvalue weighted by Gasteiger charge is 2.12. The van der Waals surface area contributed by atoms with Crippen molar-refractivity contribution in [3.05, 3.63) is 56.7 Å². The van der Waals surface area contributed by atoms with E-state index in [9.17, 15) is 14.7 Å². The zero-order valence-electron chi connectivity index (χ0n) is 15.1. The Morgan fingerprint density at radius 3 is 2.70 bits per heavy atom. The number of aromatic nitrogens is 2. The molecule has 0 amide bonds. The first kappa shape index (κ1) is 20.4. The van der Waals surface area contributed by atoms with E-state index in [1.807, 2.05) is 30.3 Å². The molecule has 0 aliphatic rings. The van der Waals surface area contributed by atoms with Crippen molar-refractivity contribution < 1.29 is 5.11 Å². The summed E-state index contributed by atoms with van der Waals surface area (Å²) in [5.74, 6) is -0.410. The van der Waals surface area contributed by atoms with Crippen molar-refractivity contribution in [2.75, 3.05) is 5.32 Å². The Balaban J connectivity index is 2.06. The molecule has 1 aromatic heterocycles. The Morgan fingerprint density at radius 2 is 2.00 bits per heavy atom. The van der Waals surface area contributed by atoms with Crippen molar-refractivity contribution in [2.24, 2.45) is 5.10 Å². The van der Waals surface area contributed by atoms with Gasteiger partial charge in [0.05, 0.1) is 6.21 Å². The smallest absolute Gasteiger partial charge is 0.331 e. The fourth-order valence-electron chi connectivity index (χ4n) is 2.43. The Bertz CT molecular complexity index is 905. The number of nitrogens with zero attached hydrogens (tertiary/aromatic N) is 2. The van der Waals surface area contributed by atoms with E-state index < -0.39 is 17.1 Å². The van der Waals surface area contributed by atoms with Crippen LogP contribution in [0.2, 0.25) is 0 Å². The minimum atomic E-state index is -0.713. The average molecular weight is 389 g/mol. The predicted molar refractivity (Wildman–Crippen MR) is 111 cm³/mol. The lowest BCUT2D eigenvalue weighted by Gasteiger charge is -2.09. The quantitative estimate of drug-likeness (QED) is 0.238. The van der Waals surface area contributed by atoms with Crippen molar-refractivity contribution in [1.82, 2.24) is 15.0 Å². The Morgan fingerprint density at radius 1 is 1.26 bits per heavy atom. The van der Waals surface area contributed by atoms with Crippen molar-refractivity contribution in [2.45, 2.75) is 39.2 Å². The summed E-state index contributed by atoms with van der Waals surface area (Å²) in [6.07, 6.45) is 4.91. The second-order valence-electron chi connectivity index (χ2n) is 5.90. The Kier molecular flexibility index (Phi) is 7.75. The van der Waals surface area contributed by atoms with Crippen LogP contribution in [0.15, 0.2) is 45.0 Å². The molecule has 2 rings (SSSR count). The van der Waals surface area contributed by atoms with E-state index in [0.717, 1.165) is 42.2 Å². The van der Waals surface area contributed by atoms with Gasteiger partial charge in [-0.15, -0.1) is 0 Å². The number of hydrogen-bond acceptors (Lipinski definition) is 5. The number of thiocarbonyl (C=S) groups is 1. The molecule has 2 aromatic rings. The molecular formula is C18H23N5O3S. The standard InChI is InChI=1S/C18H23N5O3S/c1-2-3-4-8-11-23-16(25)14(15(24)21-18(23)26)12-19-22-17(27)20-13-9-6-5-7-10-13/h5-7,9-10,12,25H,2-4,8,11H2,1H3,(H2,20,22,27)(H,21,24,26). The van der Waals surface area contributed by atoms with Gasteiger partial charge in [0.2, 0.25) is 5.88 Å². The largest absolute Gasteiger partial charge is 0.494 e. The van der Waals surface area contributed by atoms with E-state index in [0.29, 0.717) is 6.54 Å². The lowest BCUT2D eigenvalue weighted by Crippen LogP contribution is -2.32. The SMILES string of the molecule is CCCCCCn1c(O)c(C=NNC(=S)Nc2ccccc2)c(=O)[nH]c1=O. The van der Waals surface area contributed by atoms with Crippen LogP contribution in [0, 0.1) is 0 Å². The molecule has 0 radical (unpaired) electrons. The highest BCUT2D eigenvalue weighted by molar-refractivity contribution is 7.80. The summed E-state index contributed by atoms with van der Waals surface area (Å²) >= 11 is 5.11. The number of hydrogen-bond donors (Lipinski definition) is 4. The van der Waals surface area contributed by atoms with Gasteiger partial charge in [0.15, 0.2) is 5.11 Å². The van der Waals surface area contributed by atoms with Crippen LogP contribution in [-0.2, 0) is 6.54 Å². The fourth-order valence-corrected chi connectivity index (χ4v) is 2.60. The first-order valence-corrected chi connectivity index (χ1v) is 9.15. The van der Waals surface area contributed by atoms with Gasteiger partial charge in [-0.25, -0.2) is 4.79 Å². The third-order valence-corrected chi connectivity index (χ3v) is 4.03. The van der Waals surface area contributed by atoms with E-state index in [-0.39, 0.29) is 10.7 Å². The molecule has 0 atom stereocenters. The number of H-pyrrole nitrogens is 1. The van der Waals surface area contributed by atoms with Gasteiger partial charge in [-0.1, -0.05) is 44.4 Å². The highest BCUT2D eigenvalue weighted by atomic mass is 32.1. The predicted octanol–water partition coefficient (Wildman–Crippen LogP) is 2.14. The molecule has 0 saturated carbocycles. The molecule has 0 bridgehead atoms. The molecule has 9 heteroatoms. The molecule has 0 unspecified atom stereocenters. The number of rotatable bonds is 8. The Hall–Kier alpha value is -2.94. The van der Waals surface area contributed by atoms with Crippen LogP contribution in [-0.4, -0.2) is 26.0 Å². The number of hydrazone groups is 1. The summed E-state index contributed by atoms with van der Waals surface area (Å²) in [5, 5.41) is 17.3. The molecule has 144 valence electrons. The van der Waals surface area contributed by atoms with Gasteiger partial charge in [-0.2, -0.15) is 5.10 Å². The van der Waals surface area contributed by atoms with Crippen molar-refractivity contribution in [3.8, 4) is 5.88 Å². The van der Waals surface area contributed by atoms with Gasteiger partial charge in [0.1, 0.15) is 5.56 Å². The minimum absolute atomic E-state index is 0.111. The second kappa shape index (κ2) is 10.3. The van der Waals surface area contributed by atoms with E-state index in [4.69, 9.17) is 12.2 Å². The van der Waals surface area contributed by atoms with Gasteiger partial charge in [-0.05, 0) is 30.8 Å². The zero-order valence-corrected chi connectivity index (χ0v) is 15.9. The molecule has 0 fully saturated rings. The molecule has 0 aliphatic carbocycles. The summed E-state index contributed by atoms with van der Waals surface area (Å²) in [5.41, 5.74) is 1.89. The van der Waals surface area contributed by atoms with Crippen LogP contribution >= 0.6 is 12.2 Å². The number of unbranched alkanes of at least 4 members (excludes halogenated alkanes) is 3. The van der Waals surface area contributed by atoms with Gasteiger partial charge in [-0.3, -0.25) is 19.8 Å². The molecule has 0 saturated heterocycles. The van der Waals surface area contributed by atoms with E-state index in [1.165, 1.54) is 0 Å². The minimum Gasteiger partial charge on any atom is -0.494 e. The van der Waals surface area contributed by atoms with Crippen LogP contribution in [0.4, 0.5) is 5.69 Å². The summed E-state index contributed by atoms with van der Waals surface area (Å²) in [6.45, 7) is 2.41. The maximum Gasteiger partial charge on any atom is 0.331 e. The van der Waals surface area contributed by atoms with Crippen LogP contribution in [0.5, 0.6) is 5.88 Å². The van der Waals surface area contributed by atoms with E-state index >= 15 is 0 Å². The van der Waals surface area contributed by atoms with Gasteiger partial charge in [0, 0.05) is 12.2 Å². The van der Waals surface area contributed by atoms with Crippen molar-refractivity contribution in [3.63, 3.8) is 0 Å². The fraction of sp³-hybridized carbons (Fsp3) is 0.333. The number of benzene rings is 1. The lowest BCUT2D eigenvalue weighted by atomic mass is 10.2. The summed E-state index contributed by atoms with van der Waals surface area (Å²) in [7, 11) is 0. The first-order chi connectivity index (χ1) is 13.0. The number of aromatic amines is 1. The van der Waals surface area contributed by atoms with Crippen molar-refractivity contribution in [1.29, 1.82) is 0 Å². The number of anilines is 1. The maximum absolute atomic E-state index is 12.0. The third kappa shape index (κ3) is 6.07. The molecule has 4 N–H and O–H groups in total.